The second-order valence-corrected chi connectivity index (χ2v) is 10.0. The third kappa shape index (κ3) is 6.29. The Morgan fingerprint density at radius 1 is 1.00 bits per heavy atom. The first-order valence-electron chi connectivity index (χ1n) is 10.6. The minimum absolute atomic E-state index is 0.00449. The third-order valence-electron chi connectivity index (χ3n) is 5.92. The van der Waals surface area contributed by atoms with Crippen molar-refractivity contribution >= 4 is 15.9 Å². The molecule has 2 fully saturated rings. The molecule has 1 aliphatic carbocycles. The molecule has 1 aromatic carbocycles. The van der Waals surface area contributed by atoms with Crippen LogP contribution in [-0.4, -0.2) is 68.6 Å². The minimum atomic E-state index is -3.31. The van der Waals surface area contributed by atoms with E-state index in [1.54, 1.807) is 4.31 Å². The zero-order chi connectivity index (χ0) is 19.8. The molecule has 7 heteroatoms. The number of nitrogens with one attached hydrogen (secondary N) is 1. The van der Waals surface area contributed by atoms with Gasteiger partial charge in [-0.2, -0.15) is 4.31 Å². The number of rotatable bonds is 8. The number of carbonyl (C=O) groups is 1. The van der Waals surface area contributed by atoms with Crippen LogP contribution in [0.15, 0.2) is 30.3 Å². The van der Waals surface area contributed by atoms with Crippen LogP contribution in [0.2, 0.25) is 0 Å². The Morgan fingerprint density at radius 3 is 2.36 bits per heavy atom. The van der Waals surface area contributed by atoms with Crippen LogP contribution >= 0.6 is 0 Å². The Hall–Kier alpha value is -1.44. The van der Waals surface area contributed by atoms with Crippen LogP contribution in [0.25, 0.3) is 0 Å². The molecule has 0 radical (unpaired) electrons. The lowest BCUT2D eigenvalue weighted by atomic mass is 9.89. The number of hydrogen-bond donors (Lipinski definition) is 1. The molecule has 3 rings (SSSR count). The predicted octanol–water partition coefficient (Wildman–Crippen LogP) is 1.87. The van der Waals surface area contributed by atoms with Gasteiger partial charge >= 0.3 is 0 Å². The van der Waals surface area contributed by atoms with E-state index in [9.17, 15) is 13.2 Å². The van der Waals surface area contributed by atoms with Crippen LogP contribution in [0.4, 0.5) is 0 Å². The second kappa shape index (κ2) is 10.4. The van der Waals surface area contributed by atoms with E-state index in [-0.39, 0.29) is 24.1 Å². The molecule has 0 atom stereocenters. The molecule has 1 aliphatic heterocycles. The van der Waals surface area contributed by atoms with E-state index in [0.717, 1.165) is 51.7 Å². The molecule has 1 heterocycles. The summed E-state index contributed by atoms with van der Waals surface area (Å²) in [6, 6.07) is 10.4. The SMILES string of the molecule is O=C(NCCS(=O)(=O)N1CCN(CCc2ccccc2)CC1)C1CCCCC1. The Kier molecular flexibility index (Phi) is 7.88. The molecule has 1 saturated carbocycles. The summed E-state index contributed by atoms with van der Waals surface area (Å²) in [4.78, 5) is 14.5. The van der Waals surface area contributed by atoms with Crippen molar-refractivity contribution in [3.8, 4) is 0 Å². The van der Waals surface area contributed by atoms with Crippen LogP contribution < -0.4 is 5.32 Å². The van der Waals surface area contributed by atoms with Gasteiger partial charge in [0.1, 0.15) is 0 Å². The topological polar surface area (TPSA) is 69.7 Å². The van der Waals surface area contributed by atoms with Gasteiger partial charge in [-0.3, -0.25) is 4.79 Å². The van der Waals surface area contributed by atoms with Gasteiger partial charge in [-0.1, -0.05) is 49.6 Å². The van der Waals surface area contributed by atoms with Crippen LogP contribution in [0, 0.1) is 5.92 Å². The van der Waals surface area contributed by atoms with Gasteiger partial charge in [-0.25, -0.2) is 8.42 Å². The van der Waals surface area contributed by atoms with Gasteiger partial charge in [0.2, 0.25) is 15.9 Å². The Labute approximate surface area is 169 Å². The summed E-state index contributed by atoms with van der Waals surface area (Å²) in [5.41, 5.74) is 1.31. The lowest BCUT2D eigenvalue weighted by Gasteiger charge is -2.34. The summed E-state index contributed by atoms with van der Waals surface area (Å²) in [5.74, 6) is 0.0976. The lowest BCUT2D eigenvalue weighted by Crippen LogP contribution is -2.50. The van der Waals surface area contributed by atoms with Crippen molar-refractivity contribution in [2.24, 2.45) is 5.92 Å². The van der Waals surface area contributed by atoms with Crippen molar-refractivity contribution in [1.82, 2.24) is 14.5 Å². The smallest absolute Gasteiger partial charge is 0.223 e. The maximum Gasteiger partial charge on any atom is 0.223 e. The molecule has 1 N–H and O–H groups in total. The summed E-state index contributed by atoms with van der Waals surface area (Å²) in [6.07, 6.45) is 6.26. The summed E-state index contributed by atoms with van der Waals surface area (Å²) in [5, 5.41) is 2.84. The lowest BCUT2D eigenvalue weighted by molar-refractivity contribution is -0.125. The van der Waals surface area contributed by atoms with Crippen LogP contribution in [0.5, 0.6) is 0 Å². The molecule has 6 nitrogen and oxygen atoms in total. The highest BCUT2D eigenvalue weighted by atomic mass is 32.2. The van der Waals surface area contributed by atoms with Gasteiger partial charge in [0, 0.05) is 45.2 Å². The standard InChI is InChI=1S/C21H33N3O3S/c25-21(20-9-5-2-6-10-20)22-12-18-28(26,27)24-16-14-23(15-17-24)13-11-19-7-3-1-4-8-19/h1,3-4,7-8,20H,2,5-6,9-18H2,(H,22,25). The van der Waals surface area contributed by atoms with Gasteiger partial charge < -0.3 is 10.2 Å². The molecule has 0 spiro atoms. The van der Waals surface area contributed by atoms with Gasteiger partial charge in [-0.15, -0.1) is 0 Å². The molecule has 2 aliphatic rings. The molecule has 1 amide bonds. The fraction of sp³-hybridized carbons (Fsp3) is 0.667. The maximum absolute atomic E-state index is 12.6. The summed E-state index contributed by atoms with van der Waals surface area (Å²) < 4.78 is 26.8. The molecule has 1 aromatic rings. The summed E-state index contributed by atoms with van der Waals surface area (Å²) in [7, 11) is -3.31. The maximum atomic E-state index is 12.6. The minimum Gasteiger partial charge on any atom is -0.355 e. The largest absolute Gasteiger partial charge is 0.355 e. The zero-order valence-electron chi connectivity index (χ0n) is 16.7. The molecule has 156 valence electrons. The van der Waals surface area contributed by atoms with E-state index in [1.165, 1.54) is 12.0 Å². The molecular weight excluding hydrogens is 374 g/mol. The Morgan fingerprint density at radius 2 is 1.68 bits per heavy atom. The van der Waals surface area contributed by atoms with Crippen molar-refractivity contribution in [2.45, 2.75) is 38.5 Å². The second-order valence-electron chi connectivity index (χ2n) is 7.92. The van der Waals surface area contributed by atoms with E-state index in [4.69, 9.17) is 0 Å². The van der Waals surface area contributed by atoms with E-state index in [1.807, 2.05) is 18.2 Å². The van der Waals surface area contributed by atoms with Gasteiger partial charge in [0.25, 0.3) is 0 Å². The van der Waals surface area contributed by atoms with E-state index in [0.29, 0.717) is 13.1 Å². The highest BCUT2D eigenvalue weighted by Gasteiger charge is 2.27. The number of piperazine rings is 1. The van der Waals surface area contributed by atoms with Crippen molar-refractivity contribution in [3.05, 3.63) is 35.9 Å². The Balaban J connectivity index is 1.36. The number of sulfonamides is 1. The number of amides is 1. The number of hydrogen-bond acceptors (Lipinski definition) is 4. The highest BCUT2D eigenvalue weighted by molar-refractivity contribution is 7.89. The first-order chi connectivity index (χ1) is 13.5. The average molecular weight is 408 g/mol. The van der Waals surface area contributed by atoms with Gasteiger partial charge in [0.15, 0.2) is 0 Å². The molecule has 28 heavy (non-hydrogen) atoms. The van der Waals surface area contributed by atoms with Crippen molar-refractivity contribution < 1.29 is 13.2 Å². The van der Waals surface area contributed by atoms with Gasteiger partial charge in [0.05, 0.1) is 5.75 Å². The van der Waals surface area contributed by atoms with Crippen LogP contribution in [0.3, 0.4) is 0 Å². The van der Waals surface area contributed by atoms with Crippen LogP contribution in [0.1, 0.15) is 37.7 Å². The molecule has 0 aromatic heterocycles. The third-order valence-corrected chi connectivity index (χ3v) is 7.79. The van der Waals surface area contributed by atoms with Crippen LogP contribution in [-0.2, 0) is 21.2 Å². The molecular formula is C21H33N3O3S. The van der Waals surface area contributed by atoms with Crippen molar-refractivity contribution in [1.29, 1.82) is 0 Å². The first-order valence-corrected chi connectivity index (χ1v) is 12.2. The monoisotopic (exact) mass is 407 g/mol. The van der Waals surface area contributed by atoms with E-state index in [2.05, 4.69) is 22.3 Å². The normalized spacial score (nSPS) is 20.1. The molecule has 1 saturated heterocycles. The van der Waals surface area contributed by atoms with Crippen molar-refractivity contribution in [2.75, 3.05) is 45.0 Å². The number of benzene rings is 1. The highest BCUT2D eigenvalue weighted by Crippen LogP contribution is 2.23. The number of nitrogens with zero attached hydrogens (tertiary/aromatic N) is 2. The first kappa shape index (κ1) is 21.3. The summed E-state index contributed by atoms with van der Waals surface area (Å²) in [6.45, 7) is 3.77. The van der Waals surface area contributed by atoms with E-state index >= 15 is 0 Å². The fourth-order valence-corrected chi connectivity index (χ4v) is 5.44. The summed E-state index contributed by atoms with van der Waals surface area (Å²) >= 11 is 0. The van der Waals surface area contributed by atoms with E-state index < -0.39 is 10.0 Å². The van der Waals surface area contributed by atoms with Crippen molar-refractivity contribution in [3.63, 3.8) is 0 Å². The van der Waals surface area contributed by atoms with Gasteiger partial charge in [-0.05, 0) is 24.8 Å². The fourth-order valence-electron chi connectivity index (χ4n) is 4.10. The predicted molar refractivity (Wildman–Crippen MR) is 112 cm³/mol. The molecule has 0 unspecified atom stereocenters. The zero-order valence-corrected chi connectivity index (χ0v) is 17.5. The molecule has 0 bridgehead atoms. The average Bonchev–Trinajstić information content (AvgIpc) is 2.74. The quantitative estimate of drug-likeness (QED) is 0.714. The number of carbonyl (C=O) groups excluding carboxylic acids is 1. The Bertz CT molecular complexity index is 710.